The van der Waals surface area contributed by atoms with Gasteiger partial charge in [-0.2, -0.15) is 0 Å². The molecule has 0 aromatic carbocycles. The molecule has 1 fully saturated rings. The van der Waals surface area contributed by atoms with Crippen LogP contribution in [-0.2, 0) is 0 Å². The number of H-pyrrole nitrogens is 1. The van der Waals surface area contributed by atoms with Crippen LogP contribution < -0.4 is 10.5 Å². The number of aromatic amines is 1. The molecule has 1 saturated heterocycles. The number of aromatic nitrogens is 2. The number of halogens is 2. The molecular weight excluding hydrogens is 263 g/mol. The highest BCUT2D eigenvalue weighted by Crippen LogP contribution is 2.19. The molecule has 1 aromatic rings. The minimum Gasteiger partial charge on any atom is -0.353 e. The van der Waals surface area contributed by atoms with Gasteiger partial charge in [-0.3, -0.25) is 9.69 Å². The Balaban J connectivity index is 2.05. The Morgan fingerprint density at radius 1 is 1.35 bits per heavy atom. The van der Waals surface area contributed by atoms with Crippen LogP contribution in [0.4, 0.5) is 5.82 Å². The van der Waals surface area contributed by atoms with Gasteiger partial charge in [-0.1, -0.05) is 11.6 Å². The van der Waals surface area contributed by atoms with Crippen molar-refractivity contribution in [1.82, 2.24) is 14.9 Å². The van der Waals surface area contributed by atoms with E-state index in [9.17, 15) is 4.79 Å². The molecule has 2 heterocycles. The number of anilines is 1. The van der Waals surface area contributed by atoms with E-state index in [1.54, 1.807) is 0 Å². The Bertz CT molecular complexity index is 429. The van der Waals surface area contributed by atoms with Crippen molar-refractivity contribution in [3.8, 4) is 0 Å². The predicted molar refractivity (Wildman–Crippen MR) is 69.2 cm³/mol. The molecule has 5 nitrogen and oxygen atoms in total. The van der Waals surface area contributed by atoms with Crippen molar-refractivity contribution in [2.24, 2.45) is 0 Å². The monoisotopic (exact) mass is 276 g/mol. The molecule has 1 N–H and O–H groups in total. The van der Waals surface area contributed by atoms with E-state index in [0.29, 0.717) is 11.7 Å². The largest absolute Gasteiger partial charge is 0.353 e. The normalized spacial score (nSPS) is 17.4. The zero-order chi connectivity index (χ0) is 12.3. The highest BCUT2D eigenvalue weighted by atomic mass is 35.5. The second-order valence-electron chi connectivity index (χ2n) is 3.89. The number of rotatable bonds is 3. The van der Waals surface area contributed by atoms with Gasteiger partial charge in [0.25, 0.3) is 5.56 Å². The van der Waals surface area contributed by atoms with Gasteiger partial charge in [0, 0.05) is 38.6 Å². The van der Waals surface area contributed by atoms with E-state index >= 15 is 0 Å². The molecular formula is C10H14Cl2N4O. The third-order valence-corrected chi connectivity index (χ3v) is 3.36. The van der Waals surface area contributed by atoms with Crippen LogP contribution in [0.25, 0.3) is 0 Å². The lowest BCUT2D eigenvalue weighted by Crippen LogP contribution is -2.47. The SMILES string of the molecule is O=c1[nH]cnc(N2CCN(CCCl)CC2)c1Cl. The zero-order valence-corrected chi connectivity index (χ0v) is 10.8. The van der Waals surface area contributed by atoms with Crippen LogP contribution >= 0.6 is 23.2 Å². The predicted octanol–water partition coefficient (Wildman–Crippen LogP) is 0.784. The van der Waals surface area contributed by atoms with Crippen molar-refractivity contribution < 1.29 is 0 Å². The van der Waals surface area contributed by atoms with E-state index in [2.05, 4.69) is 14.9 Å². The van der Waals surface area contributed by atoms with Crippen LogP contribution in [-0.4, -0.2) is 53.5 Å². The summed E-state index contributed by atoms with van der Waals surface area (Å²) in [6, 6.07) is 0. The van der Waals surface area contributed by atoms with Gasteiger partial charge in [0.2, 0.25) is 0 Å². The summed E-state index contributed by atoms with van der Waals surface area (Å²) in [5.74, 6) is 1.21. The summed E-state index contributed by atoms with van der Waals surface area (Å²) in [7, 11) is 0. The Hall–Kier alpha value is -0.780. The van der Waals surface area contributed by atoms with Crippen LogP contribution in [0.1, 0.15) is 0 Å². The molecule has 0 bridgehead atoms. The van der Waals surface area contributed by atoms with Gasteiger partial charge in [-0.15, -0.1) is 11.6 Å². The second-order valence-corrected chi connectivity index (χ2v) is 4.64. The van der Waals surface area contributed by atoms with Crippen LogP contribution in [0.15, 0.2) is 11.1 Å². The van der Waals surface area contributed by atoms with Gasteiger partial charge in [0.1, 0.15) is 5.02 Å². The fraction of sp³-hybridized carbons (Fsp3) is 0.600. The van der Waals surface area contributed by atoms with Crippen molar-refractivity contribution in [3.63, 3.8) is 0 Å². The molecule has 1 aliphatic heterocycles. The first-order chi connectivity index (χ1) is 8.22. The van der Waals surface area contributed by atoms with E-state index in [4.69, 9.17) is 23.2 Å². The average Bonchev–Trinajstić information content (AvgIpc) is 2.34. The molecule has 0 unspecified atom stereocenters. The summed E-state index contributed by atoms with van der Waals surface area (Å²) < 4.78 is 0. The topological polar surface area (TPSA) is 52.2 Å². The Morgan fingerprint density at radius 3 is 2.71 bits per heavy atom. The van der Waals surface area contributed by atoms with Crippen molar-refractivity contribution in [2.45, 2.75) is 0 Å². The molecule has 0 aliphatic carbocycles. The summed E-state index contributed by atoms with van der Waals surface area (Å²) in [6.07, 6.45) is 1.38. The first kappa shape index (κ1) is 12.7. The van der Waals surface area contributed by atoms with E-state index in [1.165, 1.54) is 6.33 Å². The van der Waals surface area contributed by atoms with E-state index in [-0.39, 0.29) is 10.6 Å². The quantitative estimate of drug-likeness (QED) is 0.830. The molecule has 0 radical (unpaired) electrons. The third-order valence-electron chi connectivity index (χ3n) is 2.85. The van der Waals surface area contributed by atoms with Gasteiger partial charge in [0.15, 0.2) is 5.82 Å². The molecule has 17 heavy (non-hydrogen) atoms. The number of hydrogen-bond donors (Lipinski definition) is 1. The van der Waals surface area contributed by atoms with Crippen LogP contribution in [0.5, 0.6) is 0 Å². The summed E-state index contributed by atoms with van der Waals surface area (Å²) in [5, 5.41) is 0.165. The molecule has 0 amide bonds. The molecule has 0 spiro atoms. The maximum absolute atomic E-state index is 11.4. The number of nitrogens with one attached hydrogen (secondary N) is 1. The fourth-order valence-electron chi connectivity index (χ4n) is 1.90. The average molecular weight is 277 g/mol. The lowest BCUT2D eigenvalue weighted by atomic mass is 10.3. The number of nitrogens with zero attached hydrogens (tertiary/aromatic N) is 3. The van der Waals surface area contributed by atoms with E-state index < -0.39 is 0 Å². The second kappa shape index (κ2) is 5.71. The smallest absolute Gasteiger partial charge is 0.271 e. The Labute approximate surface area is 109 Å². The maximum atomic E-state index is 11.4. The number of hydrogen-bond acceptors (Lipinski definition) is 4. The number of piperazine rings is 1. The minimum absolute atomic E-state index is 0.165. The Morgan fingerprint density at radius 2 is 2.06 bits per heavy atom. The van der Waals surface area contributed by atoms with Gasteiger partial charge in [0.05, 0.1) is 6.33 Å². The van der Waals surface area contributed by atoms with E-state index in [1.807, 2.05) is 4.90 Å². The lowest BCUT2D eigenvalue weighted by molar-refractivity contribution is 0.272. The zero-order valence-electron chi connectivity index (χ0n) is 9.33. The fourth-order valence-corrected chi connectivity index (χ4v) is 2.36. The minimum atomic E-state index is -0.292. The highest BCUT2D eigenvalue weighted by molar-refractivity contribution is 6.32. The molecule has 7 heteroatoms. The van der Waals surface area contributed by atoms with Crippen molar-refractivity contribution in [3.05, 3.63) is 21.7 Å². The standard InChI is InChI=1S/C10H14Cl2N4O/c11-1-2-15-3-5-16(6-4-15)9-8(12)10(17)14-7-13-9/h7H,1-6H2,(H,13,14,17). The molecule has 1 aromatic heterocycles. The summed E-state index contributed by atoms with van der Waals surface area (Å²) in [4.78, 5) is 22.3. The summed E-state index contributed by atoms with van der Waals surface area (Å²) >= 11 is 11.6. The van der Waals surface area contributed by atoms with E-state index in [0.717, 1.165) is 32.7 Å². The first-order valence-corrected chi connectivity index (χ1v) is 6.40. The third kappa shape index (κ3) is 2.91. The maximum Gasteiger partial charge on any atom is 0.271 e. The number of alkyl halides is 1. The molecule has 0 saturated carbocycles. The summed E-state index contributed by atoms with van der Waals surface area (Å²) in [5.41, 5.74) is -0.292. The van der Waals surface area contributed by atoms with Gasteiger partial charge >= 0.3 is 0 Å². The Kier molecular flexibility index (Phi) is 4.25. The van der Waals surface area contributed by atoms with Crippen molar-refractivity contribution in [2.75, 3.05) is 43.5 Å². The van der Waals surface area contributed by atoms with Crippen molar-refractivity contribution in [1.29, 1.82) is 0 Å². The molecule has 0 atom stereocenters. The van der Waals surface area contributed by atoms with Gasteiger partial charge < -0.3 is 9.88 Å². The highest BCUT2D eigenvalue weighted by Gasteiger charge is 2.20. The lowest BCUT2D eigenvalue weighted by Gasteiger charge is -2.35. The first-order valence-electron chi connectivity index (χ1n) is 5.49. The van der Waals surface area contributed by atoms with Crippen molar-refractivity contribution >= 4 is 29.0 Å². The molecule has 1 aliphatic rings. The van der Waals surface area contributed by atoms with Crippen LogP contribution in [0.3, 0.4) is 0 Å². The summed E-state index contributed by atoms with van der Waals surface area (Å²) in [6.45, 7) is 4.35. The van der Waals surface area contributed by atoms with Gasteiger partial charge in [-0.05, 0) is 0 Å². The van der Waals surface area contributed by atoms with Crippen LogP contribution in [0.2, 0.25) is 5.02 Å². The van der Waals surface area contributed by atoms with Crippen LogP contribution in [0, 0.1) is 0 Å². The molecule has 2 rings (SSSR count). The molecule has 94 valence electrons. The van der Waals surface area contributed by atoms with Gasteiger partial charge in [-0.25, -0.2) is 4.98 Å².